The molecule has 1 aliphatic heterocycles. The Morgan fingerprint density at radius 3 is 2.40 bits per heavy atom. The number of nitrogens with zero attached hydrogens (tertiary/aromatic N) is 4. The minimum atomic E-state index is -1.85. The number of carbonyl (C=O) groups is 2. The van der Waals surface area contributed by atoms with Gasteiger partial charge in [0.05, 0.1) is 12.9 Å². The predicted molar refractivity (Wildman–Crippen MR) is 104 cm³/mol. The smallest absolute Gasteiger partial charge is 0.233 e. The van der Waals surface area contributed by atoms with E-state index in [4.69, 9.17) is 4.74 Å². The fourth-order valence-electron chi connectivity index (χ4n) is 2.84. The summed E-state index contributed by atoms with van der Waals surface area (Å²) in [4.78, 5) is 36.9. The van der Waals surface area contributed by atoms with E-state index in [2.05, 4.69) is 25.6 Å². The molecule has 2 aromatic heterocycles. The molecule has 0 bridgehead atoms. The highest BCUT2D eigenvalue weighted by molar-refractivity contribution is 5.99. The van der Waals surface area contributed by atoms with Crippen molar-refractivity contribution in [1.29, 1.82) is 0 Å². The number of fused-ring (bicyclic) bond motifs is 1. The van der Waals surface area contributed by atoms with E-state index in [1.54, 1.807) is 27.7 Å². The first-order chi connectivity index (χ1) is 14.1. The van der Waals surface area contributed by atoms with Gasteiger partial charge >= 0.3 is 0 Å². The normalized spacial score (nSPS) is 24.0. The van der Waals surface area contributed by atoms with Crippen LogP contribution < -0.4 is 10.6 Å². The van der Waals surface area contributed by atoms with E-state index in [0.717, 1.165) is 0 Å². The van der Waals surface area contributed by atoms with E-state index in [0.29, 0.717) is 0 Å². The van der Waals surface area contributed by atoms with E-state index >= 15 is 0 Å². The van der Waals surface area contributed by atoms with Crippen LogP contribution in [0.3, 0.4) is 0 Å². The van der Waals surface area contributed by atoms with Gasteiger partial charge < -0.3 is 20.3 Å². The van der Waals surface area contributed by atoms with E-state index in [-0.39, 0.29) is 46.6 Å². The summed E-state index contributed by atoms with van der Waals surface area (Å²) in [5, 5.41) is 24.4. The van der Waals surface area contributed by atoms with Crippen molar-refractivity contribution < 1.29 is 28.9 Å². The number of halogens is 1. The number of hydrogen-bond donors (Lipinski definition) is 4. The maximum atomic E-state index is 14.6. The van der Waals surface area contributed by atoms with Gasteiger partial charge in [0.25, 0.3) is 0 Å². The van der Waals surface area contributed by atoms with E-state index in [9.17, 15) is 24.2 Å². The molecule has 3 rings (SSSR count). The summed E-state index contributed by atoms with van der Waals surface area (Å²) in [6, 6.07) is 0. The highest BCUT2D eigenvalue weighted by Gasteiger charge is 2.45. The second-order valence-electron chi connectivity index (χ2n) is 7.69. The highest BCUT2D eigenvalue weighted by atomic mass is 19.1. The molecule has 0 spiro atoms. The van der Waals surface area contributed by atoms with Crippen LogP contribution in [0.1, 0.15) is 33.9 Å². The van der Waals surface area contributed by atoms with Crippen molar-refractivity contribution in [2.75, 3.05) is 17.2 Å². The van der Waals surface area contributed by atoms with Gasteiger partial charge in [0.1, 0.15) is 12.2 Å². The number of ether oxygens (including phenoxy) is 1. The Kier molecular flexibility index (Phi) is 6.29. The van der Waals surface area contributed by atoms with Crippen LogP contribution >= 0.6 is 0 Å². The maximum absolute atomic E-state index is 14.6. The van der Waals surface area contributed by atoms with Gasteiger partial charge in [-0.1, -0.05) is 27.7 Å². The lowest BCUT2D eigenvalue weighted by Gasteiger charge is -2.16. The van der Waals surface area contributed by atoms with Crippen LogP contribution in [0.2, 0.25) is 0 Å². The van der Waals surface area contributed by atoms with Crippen molar-refractivity contribution >= 4 is 34.7 Å². The Hall–Kier alpha value is -2.70. The molecule has 0 radical (unpaired) electrons. The summed E-state index contributed by atoms with van der Waals surface area (Å²) in [7, 11) is 0. The molecular weight excluding hydrogens is 399 g/mol. The first-order valence-electron chi connectivity index (χ1n) is 9.58. The van der Waals surface area contributed by atoms with E-state index in [1.165, 1.54) is 10.9 Å². The average molecular weight is 424 g/mol. The number of aliphatic hydroxyl groups is 2. The summed E-state index contributed by atoms with van der Waals surface area (Å²) in [5.41, 5.74) is 0.242. The largest absolute Gasteiger partial charge is 0.394 e. The molecule has 0 aliphatic carbocycles. The summed E-state index contributed by atoms with van der Waals surface area (Å²) >= 11 is 0. The molecule has 1 saturated heterocycles. The monoisotopic (exact) mass is 424 g/mol. The fourth-order valence-corrected chi connectivity index (χ4v) is 2.84. The number of rotatable bonds is 6. The van der Waals surface area contributed by atoms with Crippen LogP contribution in [0, 0.1) is 11.8 Å². The lowest BCUT2D eigenvalue weighted by atomic mass is 10.1. The standard InChI is InChI=1S/C18H25FN6O5/c1-7(2)15(28)21-13-11-14(23-18(22-13)24-16(29)8(3)4)25(6-20-11)17-10(19)12(27)9(5-26)30-17/h6-10,12,17,26-27H,5H2,1-4H3,(H2,21,22,23,24,28,29)/t9-,10+,12-,17-/m1/s1. The van der Waals surface area contributed by atoms with E-state index < -0.39 is 31.2 Å². The summed E-state index contributed by atoms with van der Waals surface area (Å²) < 4.78 is 21.3. The quantitative estimate of drug-likeness (QED) is 0.526. The Balaban J connectivity index is 2.07. The molecule has 4 atom stereocenters. The fraction of sp³-hybridized carbons (Fsp3) is 0.611. The number of aromatic nitrogens is 4. The third-order valence-corrected chi connectivity index (χ3v) is 4.69. The molecule has 1 fully saturated rings. The highest BCUT2D eigenvalue weighted by Crippen LogP contribution is 2.34. The Bertz CT molecular complexity index is 949. The Morgan fingerprint density at radius 1 is 1.20 bits per heavy atom. The number of amides is 2. The zero-order valence-electron chi connectivity index (χ0n) is 17.0. The van der Waals surface area contributed by atoms with Crippen LogP contribution in [0.5, 0.6) is 0 Å². The van der Waals surface area contributed by atoms with Gasteiger partial charge in [0, 0.05) is 11.8 Å². The zero-order valence-corrected chi connectivity index (χ0v) is 17.0. The second-order valence-corrected chi connectivity index (χ2v) is 7.69. The number of carbonyl (C=O) groups excluding carboxylic acids is 2. The topological polar surface area (TPSA) is 151 Å². The van der Waals surface area contributed by atoms with Gasteiger partial charge in [-0.05, 0) is 0 Å². The molecule has 11 nitrogen and oxygen atoms in total. The molecule has 0 unspecified atom stereocenters. The molecule has 0 saturated carbocycles. The van der Waals surface area contributed by atoms with Crippen molar-refractivity contribution in [2.45, 2.75) is 52.3 Å². The Labute approximate surface area is 171 Å². The minimum Gasteiger partial charge on any atom is -0.394 e. The van der Waals surface area contributed by atoms with Crippen molar-refractivity contribution in [3.8, 4) is 0 Å². The van der Waals surface area contributed by atoms with Gasteiger partial charge in [-0.3, -0.25) is 19.5 Å². The van der Waals surface area contributed by atoms with Crippen LogP contribution in [-0.4, -0.2) is 66.5 Å². The average Bonchev–Trinajstić information content (AvgIpc) is 3.23. The second kappa shape index (κ2) is 8.58. The van der Waals surface area contributed by atoms with Crippen molar-refractivity contribution in [3.63, 3.8) is 0 Å². The third kappa shape index (κ3) is 4.11. The molecule has 164 valence electrons. The number of nitrogens with one attached hydrogen (secondary N) is 2. The van der Waals surface area contributed by atoms with Gasteiger partial charge in [0.15, 0.2) is 29.4 Å². The first-order valence-corrected chi connectivity index (χ1v) is 9.58. The van der Waals surface area contributed by atoms with Crippen molar-refractivity contribution in [3.05, 3.63) is 6.33 Å². The molecule has 2 amide bonds. The summed E-state index contributed by atoms with van der Waals surface area (Å²) in [5.74, 6) is -1.44. The summed E-state index contributed by atoms with van der Waals surface area (Å²) in [6.45, 7) is 6.21. The molecule has 12 heteroatoms. The number of imidazole rings is 1. The number of hydrogen-bond acceptors (Lipinski definition) is 8. The molecule has 2 aromatic rings. The Morgan fingerprint density at radius 2 is 1.83 bits per heavy atom. The molecule has 1 aliphatic rings. The number of alkyl halides is 1. The van der Waals surface area contributed by atoms with Crippen LogP contribution in [0.15, 0.2) is 6.33 Å². The van der Waals surface area contributed by atoms with Crippen molar-refractivity contribution in [2.24, 2.45) is 11.8 Å². The first kappa shape index (κ1) is 22.0. The lowest BCUT2D eigenvalue weighted by molar-refractivity contribution is -0.119. The van der Waals surface area contributed by atoms with Gasteiger partial charge in [-0.25, -0.2) is 9.37 Å². The molecule has 30 heavy (non-hydrogen) atoms. The van der Waals surface area contributed by atoms with Gasteiger partial charge in [0.2, 0.25) is 17.8 Å². The van der Waals surface area contributed by atoms with E-state index in [1.807, 2.05) is 0 Å². The molecule has 3 heterocycles. The minimum absolute atomic E-state index is 0.0455. The predicted octanol–water partition coefficient (Wildman–Crippen LogP) is 0.604. The number of anilines is 2. The van der Waals surface area contributed by atoms with Crippen molar-refractivity contribution in [1.82, 2.24) is 19.5 Å². The van der Waals surface area contributed by atoms with Crippen LogP contribution in [0.4, 0.5) is 16.2 Å². The van der Waals surface area contributed by atoms with Crippen LogP contribution in [0.25, 0.3) is 11.2 Å². The number of aliphatic hydroxyl groups excluding tert-OH is 2. The SMILES string of the molecule is CC(C)C(=O)Nc1nc(NC(=O)C(C)C)c2ncn([C@@H]3O[C@H](CO)[C@@H](O)[C@@H]3F)c2n1. The third-order valence-electron chi connectivity index (χ3n) is 4.69. The molecule has 0 aromatic carbocycles. The maximum Gasteiger partial charge on any atom is 0.233 e. The molecular formula is C18H25FN6O5. The van der Waals surface area contributed by atoms with Gasteiger partial charge in [-0.2, -0.15) is 9.97 Å². The zero-order chi connectivity index (χ0) is 22.2. The molecule has 4 N–H and O–H groups in total. The van der Waals surface area contributed by atoms with Gasteiger partial charge in [-0.15, -0.1) is 0 Å². The summed E-state index contributed by atoms with van der Waals surface area (Å²) in [6.07, 6.45) is -4.55. The lowest BCUT2D eigenvalue weighted by Crippen LogP contribution is -2.30. The van der Waals surface area contributed by atoms with Crippen LogP contribution in [-0.2, 0) is 14.3 Å².